The molecule has 0 unspecified atom stereocenters. The minimum absolute atomic E-state index is 0. The predicted molar refractivity (Wildman–Crippen MR) is 45.3 cm³/mol. The molecule has 0 saturated heterocycles. The maximum Gasteiger partial charge on any atom is 1.00 e. The van der Waals surface area contributed by atoms with Crippen LogP contribution in [0.3, 0.4) is 0 Å². The molecule has 0 spiro atoms. The second-order valence-corrected chi connectivity index (χ2v) is 3.35. The van der Waals surface area contributed by atoms with Crippen molar-refractivity contribution >= 4 is 7.82 Å². The van der Waals surface area contributed by atoms with Gasteiger partial charge in [0.1, 0.15) is 0 Å². The third-order valence-electron chi connectivity index (χ3n) is 1.25. The molecule has 0 aromatic carbocycles. The molecule has 0 saturated carbocycles. The predicted octanol–water partition coefficient (Wildman–Crippen LogP) is -13.5. The number of aliphatic hydroxyl groups is 3. The van der Waals surface area contributed by atoms with Crippen LogP contribution in [0.4, 0.5) is 0 Å². The van der Waals surface area contributed by atoms with Crippen molar-refractivity contribution < 1.29 is 189 Å². The van der Waals surface area contributed by atoms with Gasteiger partial charge in [-0.2, -0.15) is 7.82 Å². The molecule has 0 radical (unpaired) electrons. The molecule has 0 rings (SSSR count). The normalized spacial score (nSPS) is 9.28. The number of nitrogens with zero attached hydrogens (tertiary/aromatic N) is 1. The van der Waals surface area contributed by atoms with E-state index in [0.29, 0.717) is 19.6 Å². The zero-order valence-electron chi connectivity index (χ0n) is 11.1. The molecule has 0 fully saturated rings. The van der Waals surface area contributed by atoms with Gasteiger partial charge < -0.3 is 34.6 Å². The molecule has 0 aromatic rings. The van der Waals surface area contributed by atoms with E-state index in [-0.39, 0.29) is 174 Å². The largest absolute Gasteiger partial charge is 1.00 e. The molecular weight excluding hydrogens is 346 g/mol. The average Bonchev–Trinajstić information content (AvgIpc) is 2.02. The van der Waals surface area contributed by atoms with Crippen molar-refractivity contribution in [2.75, 3.05) is 39.5 Å². The van der Waals surface area contributed by atoms with Gasteiger partial charge in [0.2, 0.25) is 0 Å². The van der Waals surface area contributed by atoms with Gasteiger partial charge in [-0.25, -0.2) is 0 Å². The maximum atomic E-state index is 8.55. The smallest absolute Gasteiger partial charge is 0.822 e. The maximum absolute atomic E-state index is 8.55. The van der Waals surface area contributed by atoms with E-state index in [1.807, 2.05) is 0 Å². The van der Waals surface area contributed by atoms with E-state index in [1.165, 1.54) is 0 Å². The van der Waals surface area contributed by atoms with Crippen LogP contribution in [0.1, 0.15) is 0 Å². The first-order valence-electron chi connectivity index (χ1n) is 4.13. The molecule has 0 atom stereocenters. The fourth-order valence-corrected chi connectivity index (χ4v) is 0.760. The van der Waals surface area contributed by atoms with Crippen molar-refractivity contribution in [1.29, 1.82) is 0 Å². The van der Waals surface area contributed by atoms with Gasteiger partial charge in [0.25, 0.3) is 0 Å². The third-order valence-corrected chi connectivity index (χ3v) is 1.25. The molecule has 3 N–H and O–H groups in total. The molecule has 0 aromatic heterocycles. The molecule has 18 heavy (non-hydrogen) atoms. The standard InChI is InChI=1S/C6H15NO3.3K.H3O4P/c8-4-1-7(2-5-9)3-6-10;;;;1-5(2,3)4/h8-10H,1-6H2;;;;(H3,1,2,3,4)/q;3*+1;/p-3. The van der Waals surface area contributed by atoms with Crippen LogP contribution in [0.5, 0.6) is 0 Å². The van der Waals surface area contributed by atoms with Crippen molar-refractivity contribution in [1.82, 2.24) is 4.90 Å². The molecule has 12 heteroatoms. The number of rotatable bonds is 6. The Hall–Kier alpha value is 4.86. The molecule has 0 heterocycles. The minimum atomic E-state index is -5.39. The fourth-order valence-electron chi connectivity index (χ4n) is 0.760. The van der Waals surface area contributed by atoms with Crippen LogP contribution in [-0.4, -0.2) is 59.7 Å². The number of phosphoric acid groups is 1. The summed E-state index contributed by atoms with van der Waals surface area (Å²) in [4.78, 5) is 27.4. The molecular formula is C6H15K3NO7P. The summed E-state index contributed by atoms with van der Waals surface area (Å²) < 4.78 is 8.55. The molecule has 0 aliphatic carbocycles. The first-order chi connectivity index (χ1) is 6.85. The number of hydrogen-bond donors (Lipinski definition) is 3. The van der Waals surface area contributed by atoms with E-state index in [4.69, 9.17) is 34.6 Å². The number of hydrogen-bond acceptors (Lipinski definition) is 8. The topological polar surface area (TPSA) is 150 Å². The van der Waals surface area contributed by atoms with E-state index in [1.54, 1.807) is 4.90 Å². The Bertz CT molecular complexity index is 162. The average molecular weight is 361 g/mol. The van der Waals surface area contributed by atoms with Gasteiger partial charge >= 0.3 is 154 Å². The van der Waals surface area contributed by atoms with Crippen LogP contribution >= 0.6 is 7.82 Å². The summed E-state index contributed by atoms with van der Waals surface area (Å²) in [5.74, 6) is 0. The zero-order valence-corrected chi connectivity index (χ0v) is 21.4. The second kappa shape index (κ2) is 24.1. The van der Waals surface area contributed by atoms with Crippen LogP contribution in [0.25, 0.3) is 0 Å². The van der Waals surface area contributed by atoms with Gasteiger partial charge in [-0.05, 0) is 0 Å². The van der Waals surface area contributed by atoms with Gasteiger partial charge in [0.05, 0.1) is 19.8 Å². The van der Waals surface area contributed by atoms with E-state index in [9.17, 15) is 0 Å². The molecule has 0 amide bonds. The first-order valence-corrected chi connectivity index (χ1v) is 5.59. The second-order valence-electron chi connectivity index (χ2n) is 2.46. The summed E-state index contributed by atoms with van der Waals surface area (Å²) in [5.41, 5.74) is 0. The quantitative estimate of drug-likeness (QED) is 0.312. The summed E-state index contributed by atoms with van der Waals surface area (Å²) in [6, 6.07) is 0. The van der Waals surface area contributed by atoms with Crippen LogP contribution in [0.2, 0.25) is 0 Å². The van der Waals surface area contributed by atoms with Crippen molar-refractivity contribution in [3.05, 3.63) is 0 Å². The summed E-state index contributed by atoms with van der Waals surface area (Å²) in [7, 11) is -5.39. The Morgan fingerprint density at radius 1 is 0.778 bits per heavy atom. The summed E-state index contributed by atoms with van der Waals surface area (Å²) >= 11 is 0. The summed E-state index contributed by atoms with van der Waals surface area (Å²) in [6.07, 6.45) is 0. The molecule has 8 nitrogen and oxygen atoms in total. The molecule has 0 bridgehead atoms. The van der Waals surface area contributed by atoms with E-state index < -0.39 is 7.82 Å². The van der Waals surface area contributed by atoms with Gasteiger partial charge in [-0.1, -0.05) is 0 Å². The fraction of sp³-hybridized carbons (Fsp3) is 1.00. The minimum Gasteiger partial charge on any atom is -0.822 e. The van der Waals surface area contributed by atoms with Gasteiger partial charge in [0, 0.05) is 19.6 Å². The Morgan fingerprint density at radius 2 is 0.944 bits per heavy atom. The Morgan fingerprint density at radius 3 is 1.06 bits per heavy atom. The van der Waals surface area contributed by atoms with Crippen molar-refractivity contribution in [2.24, 2.45) is 0 Å². The first kappa shape index (κ1) is 34.2. The molecule has 0 aliphatic heterocycles. The van der Waals surface area contributed by atoms with Gasteiger partial charge in [-0.3, -0.25) is 4.90 Å². The van der Waals surface area contributed by atoms with Crippen LogP contribution in [0, 0.1) is 0 Å². The summed E-state index contributed by atoms with van der Waals surface area (Å²) in [5, 5.41) is 25.5. The van der Waals surface area contributed by atoms with Crippen LogP contribution in [0.15, 0.2) is 0 Å². The van der Waals surface area contributed by atoms with Crippen molar-refractivity contribution in [2.45, 2.75) is 0 Å². The Kier molecular flexibility index (Phi) is 45.9. The summed E-state index contributed by atoms with van der Waals surface area (Å²) in [6.45, 7) is 1.75. The zero-order chi connectivity index (χ0) is 12.3. The SMILES string of the molecule is O=P([O-])([O-])[O-].OCCN(CCO)CCO.[K+].[K+].[K+]. The van der Waals surface area contributed by atoms with Crippen LogP contribution < -0.4 is 169 Å². The van der Waals surface area contributed by atoms with Crippen LogP contribution in [-0.2, 0) is 4.57 Å². The van der Waals surface area contributed by atoms with Gasteiger partial charge in [-0.15, -0.1) is 0 Å². The van der Waals surface area contributed by atoms with E-state index >= 15 is 0 Å². The van der Waals surface area contributed by atoms with Gasteiger partial charge in [0.15, 0.2) is 0 Å². The monoisotopic (exact) mass is 361 g/mol. The van der Waals surface area contributed by atoms with E-state index in [0.717, 1.165) is 0 Å². The van der Waals surface area contributed by atoms with E-state index in [2.05, 4.69) is 0 Å². The third kappa shape index (κ3) is 42.8. The van der Waals surface area contributed by atoms with Crippen molar-refractivity contribution in [3.8, 4) is 0 Å². The molecule has 0 aliphatic rings. The Labute approximate surface area is 234 Å². The Balaban J connectivity index is -0.0000000621. The molecule has 94 valence electrons. The van der Waals surface area contributed by atoms with Crippen molar-refractivity contribution in [3.63, 3.8) is 0 Å². The number of aliphatic hydroxyl groups excluding tert-OH is 3.